The first-order valence-corrected chi connectivity index (χ1v) is 7.21. The fraction of sp³-hybridized carbons (Fsp3) is 0.471. The predicted molar refractivity (Wildman–Crippen MR) is 84.6 cm³/mol. The average Bonchev–Trinajstić information content (AvgIpc) is 2.51. The van der Waals surface area contributed by atoms with Gasteiger partial charge in [-0.25, -0.2) is 0 Å². The van der Waals surface area contributed by atoms with Gasteiger partial charge in [0.05, 0.1) is 13.7 Å². The molecule has 1 aromatic carbocycles. The molecule has 0 aliphatic carbocycles. The number of ether oxygens (including phenoxy) is 2. The minimum Gasteiger partial charge on any atom is -0.497 e. The molecule has 0 saturated heterocycles. The number of esters is 1. The quantitative estimate of drug-likeness (QED) is 0.561. The molecule has 116 valence electrons. The molecular formula is C17H25NO3. The molecule has 0 aliphatic rings. The van der Waals surface area contributed by atoms with Crippen LogP contribution < -0.4 is 10.1 Å². The summed E-state index contributed by atoms with van der Waals surface area (Å²) in [6.07, 6.45) is 3.18. The zero-order valence-electron chi connectivity index (χ0n) is 13.1. The Hall–Kier alpha value is -1.81. The Kier molecular flexibility index (Phi) is 6.96. The lowest BCUT2D eigenvalue weighted by molar-refractivity contribution is -0.150. The normalized spacial score (nSPS) is 13.3. The first-order valence-electron chi connectivity index (χ1n) is 7.21. The van der Waals surface area contributed by atoms with Crippen molar-refractivity contribution >= 4 is 5.97 Å². The van der Waals surface area contributed by atoms with Crippen molar-refractivity contribution in [1.29, 1.82) is 0 Å². The molecule has 4 nitrogen and oxygen atoms in total. The van der Waals surface area contributed by atoms with E-state index in [0.717, 1.165) is 17.7 Å². The van der Waals surface area contributed by atoms with E-state index in [9.17, 15) is 4.79 Å². The number of benzene rings is 1. The number of hydrogen-bond acceptors (Lipinski definition) is 4. The van der Waals surface area contributed by atoms with E-state index in [0.29, 0.717) is 19.6 Å². The van der Waals surface area contributed by atoms with Gasteiger partial charge in [0.25, 0.3) is 0 Å². The lowest BCUT2D eigenvalue weighted by Crippen LogP contribution is -2.50. The minimum atomic E-state index is -0.704. The van der Waals surface area contributed by atoms with Gasteiger partial charge in [-0.15, -0.1) is 6.58 Å². The summed E-state index contributed by atoms with van der Waals surface area (Å²) >= 11 is 0. The summed E-state index contributed by atoms with van der Waals surface area (Å²) < 4.78 is 10.3. The maximum atomic E-state index is 12.2. The molecule has 0 bridgehead atoms. The Labute approximate surface area is 127 Å². The molecule has 0 radical (unpaired) electrons. The van der Waals surface area contributed by atoms with Crippen LogP contribution in [-0.2, 0) is 16.0 Å². The van der Waals surface area contributed by atoms with Gasteiger partial charge in [0.1, 0.15) is 11.3 Å². The molecule has 1 atom stereocenters. The monoisotopic (exact) mass is 291 g/mol. The van der Waals surface area contributed by atoms with E-state index in [2.05, 4.69) is 11.9 Å². The molecule has 0 aromatic heterocycles. The highest BCUT2D eigenvalue weighted by atomic mass is 16.5. The van der Waals surface area contributed by atoms with Crippen LogP contribution in [0.5, 0.6) is 5.75 Å². The van der Waals surface area contributed by atoms with Crippen molar-refractivity contribution in [1.82, 2.24) is 5.32 Å². The lowest BCUT2D eigenvalue weighted by Gasteiger charge is -2.28. The minimum absolute atomic E-state index is 0.222. The van der Waals surface area contributed by atoms with Gasteiger partial charge in [0.2, 0.25) is 0 Å². The molecule has 0 heterocycles. The summed E-state index contributed by atoms with van der Waals surface area (Å²) in [5.41, 5.74) is 0.455. The van der Waals surface area contributed by atoms with Crippen LogP contribution in [0.1, 0.15) is 25.8 Å². The fourth-order valence-corrected chi connectivity index (χ4v) is 2.04. The molecule has 1 rings (SSSR count). The van der Waals surface area contributed by atoms with Crippen LogP contribution in [0.3, 0.4) is 0 Å². The van der Waals surface area contributed by atoms with E-state index in [1.165, 1.54) is 0 Å². The van der Waals surface area contributed by atoms with Crippen LogP contribution in [0.15, 0.2) is 36.9 Å². The topological polar surface area (TPSA) is 47.6 Å². The molecule has 0 amide bonds. The van der Waals surface area contributed by atoms with Crippen molar-refractivity contribution in [3.05, 3.63) is 42.5 Å². The molecule has 1 unspecified atom stereocenters. The summed E-state index contributed by atoms with van der Waals surface area (Å²) in [4.78, 5) is 12.2. The van der Waals surface area contributed by atoms with Gasteiger partial charge in [0, 0.05) is 6.54 Å². The smallest absolute Gasteiger partial charge is 0.326 e. The summed E-state index contributed by atoms with van der Waals surface area (Å²) in [5.74, 6) is 0.608. The molecule has 0 fully saturated rings. The predicted octanol–water partition coefficient (Wildman–Crippen LogP) is 2.73. The number of aryl methyl sites for hydroxylation is 1. The molecular weight excluding hydrogens is 266 g/mol. The highest BCUT2D eigenvalue weighted by Crippen LogP contribution is 2.18. The van der Waals surface area contributed by atoms with Crippen LogP contribution in [0.25, 0.3) is 0 Å². The molecule has 0 spiro atoms. The summed E-state index contributed by atoms with van der Waals surface area (Å²) in [6.45, 7) is 8.31. The van der Waals surface area contributed by atoms with Crippen molar-refractivity contribution in [3.8, 4) is 5.75 Å². The average molecular weight is 291 g/mol. The summed E-state index contributed by atoms with van der Waals surface area (Å²) in [5, 5.41) is 3.21. The van der Waals surface area contributed by atoms with E-state index in [-0.39, 0.29) is 5.97 Å². The molecule has 1 aromatic rings. The number of hydrogen-bond donors (Lipinski definition) is 1. The van der Waals surface area contributed by atoms with E-state index < -0.39 is 5.54 Å². The number of methoxy groups -OCH3 is 1. The maximum absolute atomic E-state index is 12.2. The second kappa shape index (κ2) is 8.47. The van der Waals surface area contributed by atoms with Gasteiger partial charge >= 0.3 is 5.97 Å². The summed E-state index contributed by atoms with van der Waals surface area (Å²) in [7, 11) is 1.64. The number of carbonyl (C=O) groups excluding carboxylic acids is 1. The van der Waals surface area contributed by atoms with Gasteiger partial charge < -0.3 is 9.47 Å². The van der Waals surface area contributed by atoms with E-state index in [1.54, 1.807) is 13.2 Å². The Balaban J connectivity index is 2.70. The Bertz CT molecular complexity index is 456. The van der Waals surface area contributed by atoms with Gasteiger partial charge in [-0.1, -0.05) is 18.2 Å². The lowest BCUT2D eigenvalue weighted by atomic mass is 9.93. The van der Waals surface area contributed by atoms with E-state index in [1.807, 2.05) is 38.1 Å². The first-order chi connectivity index (χ1) is 10.1. The van der Waals surface area contributed by atoms with Crippen LogP contribution in [0, 0.1) is 0 Å². The third-order valence-electron chi connectivity index (χ3n) is 3.44. The standard InChI is InChI=1S/C17H25NO3/c1-5-13-18-17(3,16(19)21-6-2)12-11-14-7-9-15(20-4)10-8-14/h5,7-10,18H,1,6,11-13H2,2-4H3. The highest BCUT2D eigenvalue weighted by molar-refractivity contribution is 5.80. The highest BCUT2D eigenvalue weighted by Gasteiger charge is 2.33. The number of carbonyl (C=O) groups is 1. The molecule has 4 heteroatoms. The van der Waals surface area contributed by atoms with Crippen LogP contribution in [0.4, 0.5) is 0 Å². The van der Waals surface area contributed by atoms with E-state index in [4.69, 9.17) is 9.47 Å². The third-order valence-corrected chi connectivity index (χ3v) is 3.44. The Morgan fingerprint density at radius 2 is 2.05 bits per heavy atom. The van der Waals surface area contributed by atoms with Crippen LogP contribution >= 0.6 is 0 Å². The Morgan fingerprint density at radius 3 is 2.57 bits per heavy atom. The van der Waals surface area contributed by atoms with Crippen LogP contribution in [0.2, 0.25) is 0 Å². The van der Waals surface area contributed by atoms with E-state index >= 15 is 0 Å². The maximum Gasteiger partial charge on any atom is 0.326 e. The fourth-order valence-electron chi connectivity index (χ4n) is 2.04. The molecule has 0 saturated carbocycles. The van der Waals surface area contributed by atoms with Gasteiger partial charge in [-0.2, -0.15) is 0 Å². The summed E-state index contributed by atoms with van der Waals surface area (Å²) in [6, 6.07) is 7.87. The van der Waals surface area contributed by atoms with Crippen molar-refractivity contribution < 1.29 is 14.3 Å². The molecule has 1 N–H and O–H groups in total. The Morgan fingerprint density at radius 1 is 1.38 bits per heavy atom. The van der Waals surface area contributed by atoms with Gasteiger partial charge in [0.15, 0.2) is 0 Å². The number of rotatable bonds is 9. The second-order valence-corrected chi connectivity index (χ2v) is 5.07. The van der Waals surface area contributed by atoms with Crippen molar-refractivity contribution in [2.75, 3.05) is 20.3 Å². The SMILES string of the molecule is C=CCNC(C)(CCc1ccc(OC)cc1)C(=O)OCC. The molecule has 21 heavy (non-hydrogen) atoms. The third kappa shape index (κ3) is 5.23. The van der Waals surface area contributed by atoms with Crippen molar-refractivity contribution in [2.24, 2.45) is 0 Å². The number of nitrogens with one attached hydrogen (secondary N) is 1. The second-order valence-electron chi connectivity index (χ2n) is 5.07. The van der Waals surface area contributed by atoms with Crippen molar-refractivity contribution in [3.63, 3.8) is 0 Å². The van der Waals surface area contributed by atoms with Crippen LogP contribution in [-0.4, -0.2) is 31.8 Å². The molecule has 0 aliphatic heterocycles. The van der Waals surface area contributed by atoms with Gasteiger partial charge in [-0.05, 0) is 44.4 Å². The zero-order valence-corrected chi connectivity index (χ0v) is 13.1. The first kappa shape index (κ1) is 17.2. The van der Waals surface area contributed by atoms with Gasteiger partial charge in [-0.3, -0.25) is 10.1 Å². The van der Waals surface area contributed by atoms with Crippen molar-refractivity contribution in [2.45, 2.75) is 32.2 Å². The zero-order chi connectivity index (χ0) is 15.7. The largest absolute Gasteiger partial charge is 0.497 e.